The van der Waals surface area contributed by atoms with E-state index in [0.29, 0.717) is 22.2 Å². The van der Waals surface area contributed by atoms with Gasteiger partial charge >= 0.3 is 5.97 Å². The molecule has 1 aliphatic rings. The molecule has 1 aliphatic carbocycles. The van der Waals surface area contributed by atoms with Crippen molar-refractivity contribution in [3.8, 4) is 0 Å². The number of benzene rings is 1. The van der Waals surface area contributed by atoms with Gasteiger partial charge in [0.2, 0.25) is 0 Å². The fourth-order valence-corrected chi connectivity index (χ4v) is 2.99. The minimum Gasteiger partial charge on any atom is -0.481 e. The van der Waals surface area contributed by atoms with Gasteiger partial charge in [-0.3, -0.25) is 9.59 Å². The molecule has 20 heavy (non-hydrogen) atoms. The molecule has 1 aromatic carbocycles. The van der Waals surface area contributed by atoms with Crippen molar-refractivity contribution in [1.82, 2.24) is 5.32 Å². The molecule has 2 rings (SSSR count). The van der Waals surface area contributed by atoms with E-state index < -0.39 is 5.97 Å². The molecule has 2 N–H and O–H groups in total. The number of hydrogen-bond donors (Lipinski definition) is 2. The Morgan fingerprint density at radius 3 is 2.25 bits per heavy atom. The van der Waals surface area contributed by atoms with Gasteiger partial charge in [0.1, 0.15) is 0 Å². The average Bonchev–Trinajstić information content (AvgIpc) is 2.30. The lowest BCUT2D eigenvalue weighted by Gasteiger charge is -2.40. The van der Waals surface area contributed by atoms with Gasteiger partial charge in [-0.05, 0) is 36.5 Å². The fourth-order valence-electron chi connectivity index (χ4n) is 2.47. The van der Waals surface area contributed by atoms with Crippen LogP contribution in [0.1, 0.15) is 36.0 Å². The van der Waals surface area contributed by atoms with Gasteiger partial charge < -0.3 is 10.4 Å². The topological polar surface area (TPSA) is 66.4 Å². The molecular weight excluding hydrogens is 301 g/mol. The van der Waals surface area contributed by atoms with Crippen LogP contribution in [-0.2, 0) is 4.79 Å². The number of nitrogens with one attached hydrogen (secondary N) is 1. The Labute approximate surface area is 127 Å². The molecule has 1 amide bonds. The Bertz CT molecular complexity index is 521. The van der Waals surface area contributed by atoms with E-state index in [-0.39, 0.29) is 17.7 Å². The van der Waals surface area contributed by atoms with Crippen molar-refractivity contribution in [3.05, 3.63) is 33.8 Å². The van der Waals surface area contributed by atoms with Gasteiger partial charge in [-0.1, -0.05) is 29.6 Å². The molecule has 1 saturated carbocycles. The first-order valence-corrected chi connectivity index (χ1v) is 7.12. The number of carbonyl (C=O) groups excluding carboxylic acids is 1. The van der Waals surface area contributed by atoms with E-state index in [2.05, 4.69) is 5.32 Å². The molecule has 108 valence electrons. The summed E-state index contributed by atoms with van der Waals surface area (Å²) in [6, 6.07) is 4.62. The van der Waals surface area contributed by atoms with Crippen molar-refractivity contribution in [2.75, 3.05) is 6.54 Å². The smallest absolute Gasteiger partial charge is 0.303 e. The van der Waals surface area contributed by atoms with E-state index in [9.17, 15) is 9.59 Å². The van der Waals surface area contributed by atoms with Gasteiger partial charge in [0.25, 0.3) is 5.91 Å². The monoisotopic (exact) mass is 315 g/mol. The molecule has 0 unspecified atom stereocenters. The zero-order chi connectivity index (χ0) is 14.8. The lowest BCUT2D eigenvalue weighted by molar-refractivity contribution is -0.141. The van der Waals surface area contributed by atoms with E-state index >= 15 is 0 Å². The number of halogens is 2. The van der Waals surface area contributed by atoms with Crippen molar-refractivity contribution >= 4 is 35.1 Å². The zero-order valence-electron chi connectivity index (χ0n) is 10.8. The second kappa shape index (κ2) is 6.02. The Balaban J connectivity index is 1.99. The Morgan fingerprint density at radius 1 is 1.20 bits per heavy atom. The number of carboxylic acid groups (broad SMARTS) is 1. The molecular formula is C14H15Cl2NO3. The molecule has 0 spiro atoms. The van der Waals surface area contributed by atoms with Gasteiger partial charge in [-0.15, -0.1) is 0 Å². The SMILES string of the molecule is O=C(O)CC1(CNC(=O)c2cc(Cl)cc(Cl)c2)CCC1. The van der Waals surface area contributed by atoms with Gasteiger partial charge in [-0.25, -0.2) is 0 Å². The Hall–Kier alpha value is -1.26. The van der Waals surface area contributed by atoms with Crippen LogP contribution in [0.3, 0.4) is 0 Å². The summed E-state index contributed by atoms with van der Waals surface area (Å²) in [5.41, 5.74) is 0.0800. The summed E-state index contributed by atoms with van der Waals surface area (Å²) in [4.78, 5) is 22.9. The summed E-state index contributed by atoms with van der Waals surface area (Å²) in [5, 5.41) is 12.5. The summed E-state index contributed by atoms with van der Waals surface area (Å²) in [5.74, 6) is -1.11. The minimum atomic E-state index is -0.829. The number of carbonyl (C=O) groups is 2. The van der Waals surface area contributed by atoms with Crippen LogP contribution in [0.5, 0.6) is 0 Å². The van der Waals surface area contributed by atoms with E-state index in [0.717, 1.165) is 19.3 Å². The van der Waals surface area contributed by atoms with Crippen molar-refractivity contribution in [3.63, 3.8) is 0 Å². The summed E-state index contributed by atoms with van der Waals surface area (Å²) in [6.45, 7) is 0.363. The number of hydrogen-bond acceptors (Lipinski definition) is 2. The maximum absolute atomic E-state index is 12.0. The Kier molecular flexibility index (Phi) is 4.55. The molecule has 4 nitrogen and oxygen atoms in total. The molecule has 0 bridgehead atoms. The first-order valence-electron chi connectivity index (χ1n) is 6.36. The van der Waals surface area contributed by atoms with Crippen LogP contribution in [0.4, 0.5) is 0 Å². The highest BCUT2D eigenvalue weighted by Crippen LogP contribution is 2.43. The summed E-state index contributed by atoms with van der Waals surface area (Å²) >= 11 is 11.7. The molecule has 0 atom stereocenters. The predicted molar refractivity (Wildman–Crippen MR) is 77.3 cm³/mol. The van der Waals surface area contributed by atoms with E-state index in [4.69, 9.17) is 28.3 Å². The van der Waals surface area contributed by atoms with E-state index in [1.807, 2.05) is 0 Å². The van der Waals surface area contributed by atoms with Crippen molar-refractivity contribution in [2.24, 2.45) is 5.41 Å². The highest BCUT2D eigenvalue weighted by molar-refractivity contribution is 6.35. The van der Waals surface area contributed by atoms with Crippen LogP contribution < -0.4 is 5.32 Å². The quantitative estimate of drug-likeness (QED) is 0.875. The van der Waals surface area contributed by atoms with Crippen LogP contribution in [-0.4, -0.2) is 23.5 Å². The molecule has 0 heterocycles. The van der Waals surface area contributed by atoms with Crippen LogP contribution in [0.25, 0.3) is 0 Å². The van der Waals surface area contributed by atoms with Gasteiger partial charge in [0.05, 0.1) is 6.42 Å². The van der Waals surface area contributed by atoms with Crippen LogP contribution in [0.15, 0.2) is 18.2 Å². The maximum Gasteiger partial charge on any atom is 0.303 e. The largest absolute Gasteiger partial charge is 0.481 e. The standard InChI is InChI=1S/C14H15Cl2NO3/c15-10-4-9(5-11(16)6-10)13(20)17-8-14(2-1-3-14)7-12(18)19/h4-6H,1-3,7-8H2,(H,17,20)(H,18,19). The van der Waals surface area contributed by atoms with E-state index in [1.54, 1.807) is 6.07 Å². The number of rotatable bonds is 5. The highest BCUT2D eigenvalue weighted by atomic mass is 35.5. The third kappa shape index (κ3) is 3.64. The van der Waals surface area contributed by atoms with Crippen molar-refractivity contribution in [1.29, 1.82) is 0 Å². The first kappa shape index (κ1) is 15.1. The number of carboxylic acids is 1. The summed E-state index contributed by atoms with van der Waals surface area (Å²) in [6.07, 6.45) is 2.75. The van der Waals surface area contributed by atoms with Gasteiger partial charge in [0, 0.05) is 22.2 Å². The summed E-state index contributed by atoms with van der Waals surface area (Å²) < 4.78 is 0. The van der Waals surface area contributed by atoms with E-state index in [1.165, 1.54) is 12.1 Å². The van der Waals surface area contributed by atoms with Gasteiger partial charge in [-0.2, -0.15) is 0 Å². The second-order valence-electron chi connectivity index (χ2n) is 5.26. The third-order valence-corrected chi connectivity index (χ3v) is 4.13. The lowest BCUT2D eigenvalue weighted by Crippen LogP contribution is -2.43. The van der Waals surface area contributed by atoms with Crippen LogP contribution in [0.2, 0.25) is 10.0 Å². The minimum absolute atomic E-state index is 0.0869. The average molecular weight is 316 g/mol. The predicted octanol–water partition coefficient (Wildman–Crippen LogP) is 3.37. The molecule has 6 heteroatoms. The van der Waals surface area contributed by atoms with Crippen molar-refractivity contribution < 1.29 is 14.7 Å². The molecule has 1 aromatic rings. The third-order valence-electron chi connectivity index (χ3n) is 3.69. The molecule has 1 fully saturated rings. The summed E-state index contributed by atoms with van der Waals surface area (Å²) in [7, 11) is 0. The zero-order valence-corrected chi connectivity index (χ0v) is 12.3. The van der Waals surface area contributed by atoms with Gasteiger partial charge in [0.15, 0.2) is 0 Å². The number of amides is 1. The highest BCUT2D eigenvalue weighted by Gasteiger charge is 2.39. The maximum atomic E-state index is 12.0. The fraction of sp³-hybridized carbons (Fsp3) is 0.429. The molecule has 0 saturated heterocycles. The first-order chi connectivity index (χ1) is 9.40. The molecule has 0 radical (unpaired) electrons. The van der Waals surface area contributed by atoms with Crippen LogP contribution >= 0.6 is 23.2 Å². The lowest BCUT2D eigenvalue weighted by atomic mass is 9.66. The van der Waals surface area contributed by atoms with Crippen LogP contribution in [0, 0.1) is 5.41 Å². The molecule has 0 aromatic heterocycles. The molecule has 0 aliphatic heterocycles. The van der Waals surface area contributed by atoms with Crippen molar-refractivity contribution in [2.45, 2.75) is 25.7 Å². The second-order valence-corrected chi connectivity index (χ2v) is 6.14. The normalized spacial score (nSPS) is 16.3. The Morgan fingerprint density at radius 2 is 1.80 bits per heavy atom. The number of aliphatic carboxylic acids is 1.